The van der Waals surface area contributed by atoms with Gasteiger partial charge in [0.25, 0.3) is 0 Å². The molecule has 3 aromatic carbocycles. The lowest BCUT2D eigenvalue weighted by molar-refractivity contribution is -0.111. The Morgan fingerprint density at radius 2 is 1.81 bits per heavy atom. The predicted molar refractivity (Wildman–Crippen MR) is 130 cm³/mol. The van der Waals surface area contributed by atoms with Gasteiger partial charge in [-0.2, -0.15) is 0 Å². The van der Waals surface area contributed by atoms with Crippen LogP contribution < -0.4 is 10.1 Å². The summed E-state index contributed by atoms with van der Waals surface area (Å²) >= 11 is 24.5. The Morgan fingerprint density at radius 3 is 2.59 bits per heavy atom. The van der Waals surface area contributed by atoms with E-state index >= 15 is 0 Å². The maximum Gasteiger partial charge on any atom is 0.248 e. The molecule has 4 aromatic rings. The molecule has 0 radical (unpaired) electrons. The van der Waals surface area contributed by atoms with E-state index in [9.17, 15) is 4.79 Å². The molecule has 0 aliphatic rings. The van der Waals surface area contributed by atoms with Gasteiger partial charge in [-0.15, -0.1) is 0 Å². The Morgan fingerprint density at radius 1 is 1.00 bits per heavy atom. The lowest BCUT2D eigenvalue weighted by Crippen LogP contribution is -2.07. The van der Waals surface area contributed by atoms with Gasteiger partial charge in [0.2, 0.25) is 11.8 Å². The second kappa shape index (κ2) is 9.43. The zero-order valence-electron chi connectivity index (χ0n) is 16.5. The van der Waals surface area contributed by atoms with E-state index in [0.717, 1.165) is 0 Å². The number of amides is 1. The molecule has 0 aliphatic heterocycles. The number of anilines is 1. The number of ether oxygens (including phenoxy) is 1. The topological polar surface area (TPSA) is 64.4 Å². The highest BCUT2D eigenvalue weighted by Gasteiger charge is 2.14. The number of hydrogen-bond acceptors (Lipinski definition) is 4. The number of oxazole rings is 1. The molecule has 0 saturated carbocycles. The van der Waals surface area contributed by atoms with E-state index in [0.29, 0.717) is 59.6 Å². The van der Waals surface area contributed by atoms with Crippen molar-refractivity contribution in [3.8, 4) is 17.2 Å². The number of benzene rings is 3. The fourth-order valence-corrected chi connectivity index (χ4v) is 4.00. The van der Waals surface area contributed by atoms with Crippen LogP contribution in [0.4, 0.5) is 5.69 Å². The standard InChI is InChI=1S/C23H14Cl4N2O3/c1-31-22-12(8-14(25)9-18(22)27)2-7-21(30)28-15-4-5-17(26)16(11-15)23-29-19-10-13(24)3-6-20(19)32-23/h2-11H,1H3,(H,28,30). The van der Waals surface area contributed by atoms with Crippen molar-refractivity contribution in [1.82, 2.24) is 4.98 Å². The highest BCUT2D eigenvalue weighted by Crippen LogP contribution is 2.34. The second-order valence-electron chi connectivity index (χ2n) is 6.66. The highest BCUT2D eigenvalue weighted by molar-refractivity contribution is 6.36. The van der Waals surface area contributed by atoms with Crippen LogP contribution in [-0.2, 0) is 4.79 Å². The van der Waals surface area contributed by atoms with E-state index in [4.69, 9.17) is 55.6 Å². The van der Waals surface area contributed by atoms with Crippen LogP contribution in [0.1, 0.15) is 5.56 Å². The molecule has 0 unspecified atom stereocenters. The van der Waals surface area contributed by atoms with Gasteiger partial charge in [-0.05, 0) is 54.6 Å². The summed E-state index contributed by atoms with van der Waals surface area (Å²) in [5.41, 5.74) is 2.80. The van der Waals surface area contributed by atoms with Gasteiger partial charge in [-0.1, -0.05) is 46.4 Å². The van der Waals surface area contributed by atoms with Gasteiger partial charge in [0.1, 0.15) is 11.3 Å². The third-order valence-corrected chi connectivity index (χ3v) is 5.53. The van der Waals surface area contributed by atoms with Gasteiger partial charge in [0, 0.05) is 27.4 Å². The lowest BCUT2D eigenvalue weighted by Gasteiger charge is -2.08. The van der Waals surface area contributed by atoms with Gasteiger partial charge in [-0.3, -0.25) is 4.79 Å². The molecule has 0 bridgehead atoms. The van der Waals surface area contributed by atoms with Gasteiger partial charge >= 0.3 is 0 Å². The molecule has 1 aromatic heterocycles. The zero-order chi connectivity index (χ0) is 22.8. The lowest BCUT2D eigenvalue weighted by atomic mass is 10.1. The smallest absolute Gasteiger partial charge is 0.248 e. The first-order valence-corrected chi connectivity index (χ1v) is 10.7. The molecular formula is C23H14Cl4N2O3. The predicted octanol–water partition coefficient (Wildman–Crippen LogP) is 7.77. The first kappa shape index (κ1) is 22.5. The normalized spacial score (nSPS) is 11.3. The molecule has 1 amide bonds. The van der Waals surface area contributed by atoms with Crippen molar-refractivity contribution < 1.29 is 13.9 Å². The van der Waals surface area contributed by atoms with Crippen LogP contribution in [0.2, 0.25) is 20.1 Å². The van der Waals surface area contributed by atoms with Crippen LogP contribution in [0.3, 0.4) is 0 Å². The molecule has 0 spiro atoms. The summed E-state index contributed by atoms with van der Waals surface area (Å²) in [4.78, 5) is 16.9. The second-order valence-corrected chi connectivity index (χ2v) is 8.35. The number of methoxy groups -OCH3 is 1. The van der Waals surface area contributed by atoms with Crippen LogP contribution in [0, 0.1) is 0 Å². The number of hydrogen-bond donors (Lipinski definition) is 1. The molecule has 162 valence electrons. The summed E-state index contributed by atoms with van der Waals surface area (Å²) in [7, 11) is 1.49. The number of carbonyl (C=O) groups excluding carboxylic acids is 1. The summed E-state index contributed by atoms with van der Waals surface area (Å²) in [6.45, 7) is 0. The van der Waals surface area contributed by atoms with Crippen molar-refractivity contribution >= 4 is 75.2 Å². The third kappa shape index (κ3) is 4.87. The Bertz CT molecular complexity index is 1370. The fraction of sp³-hybridized carbons (Fsp3) is 0.0435. The van der Waals surface area contributed by atoms with Crippen LogP contribution in [0.15, 0.2) is 59.0 Å². The fourth-order valence-electron chi connectivity index (χ4n) is 3.05. The van der Waals surface area contributed by atoms with E-state index < -0.39 is 0 Å². The van der Waals surface area contributed by atoms with Crippen LogP contribution in [-0.4, -0.2) is 18.0 Å². The minimum atomic E-state index is -0.374. The SMILES string of the molecule is COc1c(Cl)cc(Cl)cc1C=CC(=O)Nc1ccc(Cl)c(-c2nc3cc(Cl)ccc3o2)c1. The average Bonchev–Trinajstić information content (AvgIpc) is 3.16. The first-order chi connectivity index (χ1) is 15.3. The summed E-state index contributed by atoms with van der Waals surface area (Å²) in [6.07, 6.45) is 2.91. The number of nitrogens with zero attached hydrogens (tertiary/aromatic N) is 1. The quantitative estimate of drug-likeness (QED) is 0.280. The molecule has 32 heavy (non-hydrogen) atoms. The molecule has 0 atom stereocenters. The number of nitrogens with one attached hydrogen (secondary N) is 1. The molecule has 5 nitrogen and oxygen atoms in total. The van der Waals surface area contributed by atoms with Gasteiger partial charge < -0.3 is 14.5 Å². The van der Waals surface area contributed by atoms with E-state index in [2.05, 4.69) is 10.3 Å². The highest BCUT2D eigenvalue weighted by atomic mass is 35.5. The minimum absolute atomic E-state index is 0.317. The van der Waals surface area contributed by atoms with Crippen LogP contribution in [0.25, 0.3) is 28.6 Å². The molecule has 1 N–H and O–H groups in total. The summed E-state index contributed by atoms with van der Waals surface area (Å²) in [5.74, 6) is 0.364. The Balaban J connectivity index is 1.57. The number of halogens is 4. The van der Waals surface area contributed by atoms with Crippen molar-refractivity contribution in [1.29, 1.82) is 0 Å². The average molecular weight is 508 g/mol. The zero-order valence-corrected chi connectivity index (χ0v) is 19.5. The van der Waals surface area contributed by atoms with Crippen LogP contribution >= 0.6 is 46.4 Å². The Hall–Kier alpha value is -2.70. The number of carbonyl (C=O) groups is 1. The van der Waals surface area contributed by atoms with Gasteiger partial charge in [0.15, 0.2) is 5.58 Å². The third-order valence-electron chi connectivity index (χ3n) is 4.47. The number of aromatic nitrogens is 1. The van der Waals surface area contributed by atoms with Crippen molar-refractivity contribution in [3.05, 3.63) is 80.3 Å². The first-order valence-electron chi connectivity index (χ1n) is 9.22. The minimum Gasteiger partial charge on any atom is -0.495 e. The van der Waals surface area contributed by atoms with E-state index in [1.807, 2.05) is 0 Å². The van der Waals surface area contributed by atoms with Crippen molar-refractivity contribution in [2.24, 2.45) is 0 Å². The molecule has 1 heterocycles. The Kier molecular flexibility index (Phi) is 6.63. The molecular weight excluding hydrogens is 494 g/mol. The summed E-state index contributed by atoms with van der Waals surface area (Å²) < 4.78 is 11.1. The molecule has 0 fully saturated rings. The molecule has 9 heteroatoms. The van der Waals surface area contributed by atoms with Crippen molar-refractivity contribution in [2.45, 2.75) is 0 Å². The largest absolute Gasteiger partial charge is 0.495 e. The van der Waals surface area contributed by atoms with Crippen molar-refractivity contribution in [2.75, 3.05) is 12.4 Å². The Labute approximate surface area is 203 Å². The molecule has 0 saturated heterocycles. The number of rotatable bonds is 5. The molecule has 0 aliphatic carbocycles. The summed E-state index contributed by atoms with van der Waals surface area (Å²) in [6, 6.07) is 13.4. The number of fused-ring (bicyclic) bond motifs is 1. The van der Waals surface area contributed by atoms with Gasteiger partial charge in [-0.25, -0.2) is 4.98 Å². The van der Waals surface area contributed by atoms with Gasteiger partial charge in [0.05, 0.1) is 22.7 Å². The maximum atomic E-state index is 12.5. The maximum absolute atomic E-state index is 12.5. The van der Waals surface area contributed by atoms with E-state index in [-0.39, 0.29) is 5.91 Å². The summed E-state index contributed by atoms with van der Waals surface area (Å²) in [5, 5.41) is 4.53. The van der Waals surface area contributed by atoms with Crippen LogP contribution in [0.5, 0.6) is 5.75 Å². The van der Waals surface area contributed by atoms with E-state index in [1.54, 1.807) is 54.6 Å². The monoisotopic (exact) mass is 506 g/mol. The van der Waals surface area contributed by atoms with Crippen molar-refractivity contribution in [3.63, 3.8) is 0 Å². The molecule has 4 rings (SSSR count). The van der Waals surface area contributed by atoms with E-state index in [1.165, 1.54) is 13.2 Å².